The maximum absolute atomic E-state index is 13.4. The van der Waals surface area contributed by atoms with Crippen LogP contribution in [-0.4, -0.2) is 25.9 Å². The van der Waals surface area contributed by atoms with E-state index in [0.717, 1.165) is 5.56 Å². The Bertz CT molecular complexity index is 805. The van der Waals surface area contributed by atoms with Gasteiger partial charge in [0.2, 0.25) is 10.0 Å². The van der Waals surface area contributed by atoms with Crippen molar-refractivity contribution in [3.8, 4) is 5.75 Å². The molecule has 0 atom stereocenters. The van der Waals surface area contributed by atoms with Crippen LogP contribution in [0.25, 0.3) is 0 Å². The maximum atomic E-state index is 13.4. The number of ether oxygens (including phenoxy) is 1. The molecular formula is C16H16FNO3S. The maximum Gasteiger partial charge on any atom is 0.243 e. The SMILES string of the molecule is Cc1cc(S(=O)(=O)N2CCOc3ccccc3C2)ccc1F. The predicted octanol–water partition coefficient (Wildman–Crippen LogP) is 2.72. The molecule has 2 aromatic carbocycles. The molecule has 0 radical (unpaired) electrons. The lowest BCUT2D eigenvalue weighted by atomic mass is 10.2. The molecule has 22 heavy (non-hydrogen) atoms. The molecular weight excluding hydrogens is 305 g/mol. The van der Waals surface area contributed by atoms with Crippen molar-refractivity contribution in [1.82, 2.24) is 4.31 Å². The number of sulfonamides is 1. The lowest BCUT2D eigenvalue weighted by Gasteiger charge is -2.19. The fourth-order valence-corrected chi connectivity index (χ4v) is 3.92. The van der Waals surface area contributed by atoms with E-state index in [9.17, 15) is 12.8 Å². The number of fused-ring (bicyclic) bond motifs is 1. The third kappa shape index (κ3) is 2.71. The summed E-state index contributed by atoms with van der Waals surface area (Å²) in [5, 5.41) is 0. The van der Waals surface area contributed by atoms with Crippen LogP contribution in [0.2, 0.25) is 0 Å². The van der Waals surface area contributed by atoms with Crippen molar-refractivity contribution in [3.63, 3.8) is 0 Å². The van der Waals surface area contributed by atoms with Gasteiger partial charge in [0.1, 0.15) is 18.2 Å². The Balaban J connectivity index is 1.97. The number of halogens is 1. The van der Waals surface area contributed by atoms with E-state index in [2.05, 4.69) is 0 Å². The van der Waals surface area contributed by atoms with Crippen molar-refractivity contribution in [2.75, 3.05) is 13.2 Å². The van der Waals surface area contributed by atoms with Gasteiger partial charge in [-0.15, -0.1) is 0 Å². The molecule has 1 aliphatic rings. The summed E-state index contributed by atoms with van der Waals surface area (Å²) in [7, 11) is -3.68. The zero-order valence-electron chi connectivity index (χ0n) is 12.1. The van der Waals surface area contributed by atoms with Gasteiger partial charge in [-0.1, -0.05) is 18.2 Å². The fourth-order valence-electron chi connectivity index (χ4n) is 2.43. The number of nitrogens with zero attached hydrogens (tertiary/aromatic N) is 1. The molecule has 0 aliphatic carbocycles. The van der Waals surface area contributed by atoms with Crippen LogP contribution in [0.15, 0.2) is 47.4 Å². The molecule has 6 heteroatoms. The molecule has 3 rings (SSSR count). The second-order valence-electron chi connectivity index (χ2n) is 5.21. The zero-order valence-corrected chi connectivity index (χ0v) is 12.9. The van der Waals surface area contributed by atoms with Crippen LogP contribution in [0.4, 0.5) is 4.39 Å². The molecule has 0 bridgehead atoms. The van der Waals surface area contributed by atoms with Gasteiger partial charge in [0.25, 0.3) is 0 Å². The standard InChI is InChI=1S/C16H16FNO3S/c1-12-10-14(6-7-15(12)17)22(19,20)18-8-9-21-16-5-3-2-4-13(16)11-18/h2-7,10H,8-9,11H2,1H3. The molecule has 0 spiro atoms. The van der Waals surface area contributed by atoms with Crippen molar-refractivity contribution in [3.05, 3.63) is 59.4 Å². The van der Waals surface area contributed by atoms with E-state index in [4.69, 9.17) is 4.74 Å². The molecule has 0 fully saturated rings. The molecule has 0 N–H and O–H groups in total. The molecule has 0 saturated heterocycles. The Labute approximate surface area is 129 Å². The van der Waals surface area contributed by atoms with Crippen molar-refractivity contribution < 1.29 is 17.5 Å². The van der Waals surface area contributed by atoms with E-state index in [-0.39, 0.29) is 24.6 Å². The highest BCUT2D eigenvalue weighted by Crippen LogP contribution is 2.26. The Morgan fingerprint density at radius 3 is 2.73 bits per heavy atom. The minimum absolute atomic E-state index is 0.103. The highest BCUT2D eigenvalue weighted by molar-refractivity contribution is 7.89. The summed E-state index contributed by atoms with van der Waals surface area (Å²) >= 11 is 0. The lowest BCUT2D eigenvalue weighted by molar-refractivity contribution is 0.293. The molecule has 0 amide bonds. The summed E-state index contributed by atoms with van der Waals surface area (Å²) in [5.74, 6) is 0.291. The average molecular weight is 321 g/mol. The number of aryl methyl sites for hydroxylation is 1. The molecule has 1 heterocycles. The molecule has 116 valence electrons. The second-order valence-corrected chi connectivity index (χ2v) is 7.14. The summed E-state index contributed by atoms with van der Waals surface area (Å²) in [6, 6.07) is 11.2. The molecule has 1 aliphatic heterocycles. The highest BCUT2D eigenvalue weighted by atomic mass is 32.2. The number of rotatable bonds is 2. The van der Waals surface area contributed by atoms with Crippen molar-refractivity contribution in [2.45, 2.75) is 18.4 Å². The van der Waals surface area contributed by atoms with E-state index < -0.39 is 15.8 Å². The van der Waals surface area contributed by atoms with E-state index >= 15 is 0 Å². The number of para-hydroxylation sites is 1. The topological polar surface area (TPSA) is 46.6 Å². The van der Waals surface area contributed by atoms with Crippen LogP contribution in [-0.2, 0) is 16.6 Å². The molecule has 0 unspecified atom stereocenters. The number of hydrogen-bond donors (Lipinski definition) is 0. The average Bonchev–Trinajstić information content (AvgIpc) is 2.72. The van der Waals surface area contributed by atoms with Gasteiger partial charge in [-0.05, 0) is 36.8 Å². The smallest absolute Gasteiger partial charge is 0.243 e. The zero-order chi connectivity index (χ0) is 15.7. The van der Waals surface area contributed by atoms with Crippen molar-refractivity contribution in [2.24, 2.45) is 0 Å². The second kappa shape index (κ2) is 5.70. The molecule has 4 nitrogen and oxygen atoms in total. The number of benzene rings is 2. The molecule has 0 saturated carbocycles. The Hall–Kier alpha value is -1.92. The summed E-state index contributed by atoms with van der Waals surface area (Å²) in [4.78, 5) is 0.103. The Morgan fingerprint density at radius 1 is 1.18 bits per heavy atom. The van der Waals surface area contributed by atoms with Gasteiger partial charge in [-0.2, -0.15) is 4.31 Å². The minimum atomic E-state index is -3.68. The van der Waals surface area contributed by atoms with Gasteiger partial charge in [0, 0.05) is 18.7 Å². The van der Waals surface area contributed by atoms with Crippen LogP contribution in [0, 0.1) is 12.7 Å². The summed E-state index contributed by atoms with van der Waals surface area (Å²) in [6.45, 7) is 2.34. The van der Waals surface area contributed by atoms with Gasteiger partial charge >= 0.3 is 0 Å². The lowest BCUT2D eigenvalue weighted by Crippen LogP contribution is -2.32. The Kier molecular flexibility index (Phi) is 3.88. The summed E-state index contributed by atoms with van der Waals surface area (Å²) in [6.07, 6.45) is 0. The van der Waals surface area contributed by atoms with E-state index in [0.29, 0.717) is 11.3 Å². The first-order valence-corrected chi connectivity index (χ1v) is 8.39. The first-order valence-electron chi connectivity index (χ1n) is 6.95. The quantitative estimate of drug-likeness (QED) is 0.854. The minimum Gasteiger partial charge on any atom is -0.492 e. The summed E-state index contributed by atoms with van der Waals surface area (Å²) < 4.78 is 45.8. The van der Waals surface area contributed by atoms with E-state index in [1.165, 1.54) is 22.5 Å². The van der Waals surface area contributed by atoms with Crippen LogP contribution < -0.4 is 4.74 Å². The van der Waals surface area contributed by atoms with Crippen LogP contribution >= 0.6 is 0 Å². The largest absolute Gasteiger partial charge is 0.492 e. The first kappa shape index (κ1) is 15.0. The first-order chi connectivity index (χ1) is 10.5. The van der Waals surface area contributed by atoms with Gasteiger partial charge in [0.05, 0.1) is 4.90 Å². The predicted molar refractivity (Wildman–Crippen MR) is 80.7 cm³/mol. The normalized spacial score (nSPS) is 15.7. The fraction of sp³-hybridized carbons (Fsp3) is 0.250. The monoisotopic (exact) mass is 321 g/mol. The van der Waals surface area contributed by atoms with Gasteiger partial charge in [-0.3, -0.25) is 0 Å². The third-order valence-electron chi connectivity index (χ3n) is 3.68. The summed E-state index contributed by atoms with van der Waals surface area (Å²) in [5.41, 5.74) is 1.13. The van der Waals surface area contributed by atoms with E-state index in [1.807, 2.05) is 24.3 Å². The van der Waals surface area contributed by atoms with Crippen molar-refractivity contribution >= 4 is 10.0 Å². The number of hydrogen-bond acceptors (Lipinski definition) is 3. The van der Waals surface area contributed by atoms with E-state index in [1.54, 1.807) is 6.92 Å². The highest BCUT2D eigenvalue weighted by Gasteiger charge is 2.27. The van der Waals surface area contributed by atoms with Gasteiger partial charge < -0.3 is 4.74 Å². The Morgan fingerprint density at radius 2 is 1.95 bits per heavy atom. The van der Waals surface area contributed by atoms with Crippen LogP contribution in [0.3, 0.4) is 0 Å². The van der Waals surface area contributed by atoms with Gasteiger partial charge in [0.15, 0.2) is 0 Å². The molecule has 2 aromatic rings. The van der Waals surface area contributed by atoms with Gasteiger partial charge in [-0.25, -0.2) is 12.8 Å². The van der Waals surface area contributed by atoms with Crippen LogP contribution in [0.5, 0.6) is 5.75 Å². The third-order valence-corrected chi connectivity index (χ3v) is 5.53. The van der Waals surface area contributed by atoms with Crippen LogP contribution in [0.1, 0.15) is 11.1 Å². The van der Waals surface area contributed by atoms with Crippen molar-refractivity contribution in [1.29, 1.82) is 0 Å². The molecule has 0 aromatic heterocycles.